The minimum atomic E-state index is -0.903. The Morgan fingerprint density at radius 2 is 2.00 bits per heavy atom. The molecule has 3 nitrogen and oxygen atoms in total. The normalized spacial score (nSPS) is 11.9. The Kier molecular flexibility index (Phi) is 4.52. The van der Waals surface area contributed by atoms with Crippen molar-refractivity contribution in [3.8, 4) is 0 Å². The summed E-state index contributed by atoms with van der Waals surface area (Å²) in [5.74, 6) is -0.350. The smallest absolute Gasteiger partial charge is 0.323 e. The highest BCUT2D eigenvalue weighted by atomic mass is 16.4. The van der Waals surface area contributed by atoms with Crippen molar-refractivity contribution in [1.29, 1.82) is 0 Å². The van der Waals surface area contributed by atoms with E-state index in [4.69, 9.17) is 5.11 Å². The monoisotopic (exact) mass is 249 g/mol. The van der Waals surface area contributed by atoms with Crippen LogP contribution in [0.15, 0.2) is 18.2 Å². The van der Waals surface area contributed by atoms with Crippen LogP contribution in [0.3, 0.4) is 0 Å². The number of carbonyl (C=O) groups is 1. The van der Waals surface area contributed by atoms with Crippen molar-refractivity contribution in [3.05, 3.63) is 34.9 Å². The maximum atomic E-state index is 11.0. The van der Waals surface area contributed by atoms with Crippen molar-refractivity contribution >= 4 is 5.97 Å². The minimum Gasteiger partial charge on any atom is -0.480 e. The zero-order valence-corrected chi connectivity index (χ0v) is 11.9. The van der Waals surface area contributed by atoms with Crippen LogP contribution in [0, 0.1) is 6.92 Å². The second-order valence-corrected chi connectivity index (χ2v) is 5.62. The molecular formula is C15H23NO2. The van der Waals surface area contributed by atoms with E-state index in [1.165, 1.54) is 11.1 Å². The largest absolute Gasteiger partial charge is 0.480 e. The second-order valence-electron chi connectivity index (χ2n) is 5.62. The Morgan fingerprint density at radius 3 is 2.50 bits per heavy atom. The van der Waals surface area contributed by atoms with Crippen molar-refractivity contribution in [3.63, 3.8) is 0 Å². The van der Waals surface area contributed by atoms with Gasteiger partial charge in [-0.3, -0.25) is 10.1 Å². The van der Waals surface area contributed by atoms with Crippen molar-refractivity contribution in [1.82, 2.24) is 5.32 Å². The molecule has 0 amide bonds. The topological polar surface area (TPSA) is 49.3 Å². The lowest BCUT2D eigenvalue weighted by atomic mass is 9.97. The van der Waals surface area contributed by atoms with E-state index in [2.05, 4.69) is 44.3 Å². The van der Waals surface area contributed by atoms with Gasteiger partial charge in [0, 0.05) is 6.54 Å². The molecule has 0 bridgehead atoms. The highest BCUT2D eigenvalue weighted by Crippen LogP contribution is 2.19. The summed E-state index contributed by atoms with van der Waals surface area (Å²) in [6.45, 7) is 10.3. The van der Waals surface area contributed by atoms with E-state index in [9.17, 15) is 4.79 Å². The molecule has 0 spiro atoms. The maximum absolute atomic E-state index is 11.0. The summed E-state index contributed by atoms with van der Waals surface area (Å²) < 4.78 is 0. The first kappa shape index (κ1) is 14.7. The molecule has 0 heterocycles. The Morgan fingerprint density at radius 1 is 1.39 bits per heavy atom. The number of hydrogen-bond acceptors (Lipinski definition) is 2. The SMILES string of the molecule is Cc1ccc(C(C)C)cc1CNC(C)(C)C(=O)O. The van der Waals surface area contributed by atoms with Gasteiger partial charge in [-0.2, -0.15) is 0 Å². The third-order valence-electron chi connectivity index (χ3n) is 3.30. The number of aliphatic carboxylic acids is 1. The summed E-state index contributed by atoms with van der Waals surface area (Å²) in [6.07, 6.45) is 0. The third kappa shape index (κ3) is 3.57. The summed E-state index contributed by atoms with van der Waals surface area (Å²) in [5, 5.41) is 12.2. The van der Waals surface area contributed by atoms with Crippen LogP contribution in [0.4, 0.5) is 0 Å². The summed E-state index contributed by atoms with van der Waals surface area (Å²) >= 11 is 0. The van der Waals surface area contributed by atoms with Gasteiger partial charge >= 0.3 is 5.97 Å². The summed E-state index contributed by atoms with van der Waals surface area (Å²) in [6, 6.07) is 6.39. The highest BCUT2D eigenvalue weighted by Gasteiger charge is 2.26. The van der Waals surface area contributed by atoms with Crippen LogP contribution in [0.1, 0.15) is 50.3 Å². The molecule has 0 aliphatic carbocycles. The molecule has 0 unspecified atom stereocenters. The van der Waals surface area contributed by atoms with Gasteiger partial charge < -0.3 is 5.11 Å². The third-order valence-corrected chi connectivity index (χ3v) is 3.30. The lowest BCUT2D eigenvalue weighted by Gasteiger charge is -2.22. The predicted octanol–water partition coefficient (Wildman–Crippen LogP) is 3.07. The molecule has 0 aliphatic heterocycles. The summed E-state index contributed by atoms with van der Waals surface area (Å²) in [7, 11) is 0. The van der Waals surface area contributed by atoms with Gasteiger partial charge in [-0.15, -0.1) is 0 Å². The zero-order chi connectivity index (χ0) is 13.9. The molecule has 0 fully saturated rings. The molecule has 3 heteroatoms. The molecule has 1 rings (SSSR count). The van der Waals surface area contributed by atoms with E-state index in [-0.39, 0.29) is 0 Å². The molecule has 1 aromatic carbocycles. The number of hydrogen-bond donors (Lipinski definition) is 2. The van der Waals surface area contributed by atoms with E-state index in [0.29, 0.717) is 12.5 Å². The quantitative estimate of drug-likeness (QED) is 0.843. The Labute approximate surface area is 109 Å². The van der Waals surface area contributed by atoms with Crippen LogP contribution < -0.4 is 5.32 Å². The van der Waals surface area contributed by atoms with Crippen LogP contribution in [0.2, 0.25) is 0 Å². The summed E-state index contributed by atoms with van der Waals surface area (Å²) in [5.41, 5.74) is 2.73. The molecule has 0 saturated heterocycles. The number of benzene rings is 1. The number of nitrogens with one attached hydrogen (secondary N) is 1. The Hall–Kier alpha value is -1.35. The van der Waals surface area contributed by atoms with Gasteiger partial charge in [0.05, 0.1) is 0 Å². The molecule has 0 radical (unpaired) electrons. The molecule has 1 aromatic rings. The van der Waals surface area contributed by atoms with Crippen molar-refractivity contribution in [2.75, 3.05) is 0 Å². The van der Waals surface area contributed by atoms with Gasteiger partial charge in [-0.05, 0) is 43.4 Å². The molecule has 18 heavy (non-hydrogen) atoms. The standard InChI is InChI=1S/C15H23NO2/c1-10(2)12-7-6-11(3)13(8-12)9-16-15(4,5)14(17)18/h6-8,10,16H,9H2,1-5H3,(H,17,18). The number of carboxylic acid groups (broad SMARTS) is 1. The molecular weight excluding hydrogens is 226 g/mol. The predicted molar refractivity (Wildman–Crippen MR) is 73.8 cm³/mol. The lowest BCUT2D eigenvalue weighted by Crippen LogP contribution is -2.46. The first-order valence-electron chi connectivity index (χ1n) is 6.32. The fourth-order valence-electron chi connectivity index (χ4n) is 1.63. The van der Waals surface area contributed by atoms with Gasteiger partial charge in [0.1, 0.15) is 5.54 Å². The van der Waals surface area contributed by atoms with Crippen molar-refractivity contribution in [2.45, 2.75) is 52.6 Å². The molecule has 0 aliphatic rings. The average molecular weight is 249 g/mol. The molecule has 0 aromatic heterocycles. The Balaban J connectivity index is 2.84. The highest BCUT2D eigenvalue weighted by molar-refractivity contribution is 5.77. The van der Waals surface area contributed by atoms with Gasteiger partial charge in [0.25, 0.3) is 0 Å². The van der Waals surface area contributed by atoms with Crippen molar-refractivity contribution in [2.24, 2.45) is 0 Å². The van der Waals surface area contributed by atoms with Crippen LogP contribution in [-0.4, -0.2) is 16.6 Å². The van der Waals surface area contributed by atoms with Gasteiger partial charge in [0.2, 0.25) is 0 Å². The van der Waals surface area contributed by atoms with E-state index in [0.717, 1.165) is 5.56 Å². The van der Waals surface area contributed by atoms with Gasteiger partial charge in [-0.25, -0.2) is 0 Å². The second kappa shape index (κ2) is 5.53. The Bertz CT molecular complexity index is 436. The van der Waals surface area contributed by atoms with Crippen LogP contribution in [-0.2, 0) is 11.3 Å². The number of carboxylic acids is 1. The van der Waals surface area contributed by atoms with Crippen LogP contribution in [0.5, 0.6) is 0 Å². The first-order chi connectivity index (χ1) is 8.24. The van der Waals surface area contributed by atoms with E-state index in [1.807, 2.05) is 0 Å². The zero-order valence-electron chi connectivity index (χ0n) is 11.9. The molecule has 0 saturated carbocycles. The summed E-state index contributed by atoms with van der Waals surface area (Å²) in [4.78, 5) is 11.0. The van der Waals surface area contributed by atoms with Crippen LogP contribution in [0.25, 0.3) is 0 Å². The molecule has 0 atom stereocenters. The minimum absolute atomic E-state index is 0.483. The fraction of sp³-hybridized carbons (Fsp3) is 0.533. The molecule has 2 N–H and O–H groups in total. The number of rotatable bonds is 5. The van der Waals surface area contributed by atoms with E-state index in [1.54, 1.807) is 13.8 Å². The van der Waals surface area contributed by atoms with Gasteiger partial charge in [-0.1, -0.05) is 32.0 Å². The molecule has 100 valence electrons. The van der Waals surface area contributed by atoms with Crippen molar-refractivity contribution < 1.29 is 9.90 Å². The fourth-order valence-corrected chi connectivity index (χ4v) is 1.63. The number of aryl methyl sites for hydroxylation is 1. The average Bonchev–Trinajstić information content (AvgIpc) is 2.27. The van der Waals surface area contributed by atoms with E-state index >= 15 is 0 Å². The van der Waals surface area contributed by atoms with Gasteiger partial charge in [0.15, 0.2) is 0 Å². The lowest BCUT2D eigenvalue weighted by molar-refractivity contribution is -0.143. The first-order valence-corrected chi connectivity index (χ1v) is 6.32. The van der Waals surface area contributed by atoms with Crippen LogP contribution >= 0.6 is 0 Å². The van der Waals surface area contributed by atoms with E-state index < -0.39 is 11.5 Å². The maximum Gasteiger partial charge on any atom is 0.323 e.